The predicted octanol–water partition coefficient (Wildman–Crippen LogP) is 1.29. The average Bonchev–Trinajstić information content (AvgIpc) is 3.13. The van der Waals surface area contributed by atoms with Gasteiger partial charge < -0.3 is 18.6 Å². The summed E-state index contributed by atoms with van der Waals surface area (Å²) in [5, 5.41) is 0. The Balaban J connectivity index is 1.83. The fourth-order valence-electron chi connectivity index (χ4n) is 3.83. The minimum Gasteiger partial charge on any atom is -0.469 e. The lowest BCUT2D eigenvalue weighted by Crippen LogP contribution is -2.67. The average molecular weight is 331 g/mol. The van der Waals surface area contributed by atoms with Crippen LogP contribution in [0.3, 0.4) is 0 Å². The van der Waals surface area contributed by atoms with E-state index < -0.39 is 42.2 Å². The van der Waals surface area contributed by atoms with Crippen molar-refractivity contribution in [1.82, 2.24) is 4.90 Å². The van der Waals surface area contributed by atoms with Crippen LogP contribution in [-0.4, -0.2) is 53.5 Å². The molecule has 1 aromatic rings. The van der Waals surface area contributed by atoms with Crippen molar-refractivity contribution in [3.63, 3.8) is 0 Å². The number of rotatable bonds is 2. The van der Waals surface area contributed by atoms with E-state index in [0.717, 1.165) is 0 Å². The molecule has 24 heavy (non-hydrogen) atoms. The van der Waals surface area contributed by atoms with Crippen molar-refractivity contribution in [3.05, 3.63) is 24.2 Å². The number of amides is 1. The molecular formula is C17H17NO6. The SMILES string of the molecule is C#CCN1C(=O)O[C@H]2[C@H]1[C@@H](c1ccco1)[C@H]1OC(C)(C)O[C@@H]2C1=O. The van der Waals surface area contributed by atoms with Gasteiger partial charge in [0.25, 0.3) is 0 Å². The van der Waals surface area contributed by atoms with Crippen molar-refractivity contribution in [2.24, 2.45) is 0 Å². The molecule has 1 saturated carbocycles. The number of ketones is 1. The molecule has 3 aliphatic rings. The Labute approximate surface area is 138 Å². The fourth-order valence-corrected chi connectivity index (χ4v) is 3.83. The summed E-state index contributed by atoms with van der Waals surface area (Å²) in [6.45, 7) is 3.54. The lowest BCUT2D eigenvalue weighted by molar-refractivity contribution is -0.306. The van der Waals surface area contributed by atoms with Crippen molar-refractivity contribution in [2.75, 3.05) is 6.54 Å². The first-order valence-corrected chi connectivity index (χ1v) is 7.76. The van der Waals surface area contributed by atoms with Crippen LogP contribution in [0.2, 0.25) is 0 Å². The number of furan rings is 1. The minimum atomic E-state index is -0.967. The summed E-state index contributed by atoms with van der Waals surface area (Å²) in [6, 6.07) is 3.01. The van der Waals surface area contributed by atoms with E-state index in [4.69, 9.17) is 25.1 Å². The van der Waals surface area contributed by atoms with Gasteiger partial charge in [0, 0.05) is 0 Å². The Bertz CT molecular complexity index is 718. The van der Waals surface area contributed by atoms with Gasteiger partial charge in [-0.05, 0) is 26.0 Å². The van der Waals surface area contributed by atoms with Gasteiger partial charge in [-0.3, -0.25) is 9.69 Å². The van der Waals surface area contributed by atoms with Gasteiger partial charge >= 0.3 is 6.09 Å². The van der Waals surface area contributed by atoms with E-state index in [0.29, 0.717) is 5.76 Å². The first kappa shape index (κ1) is 15.2. The summed E-state index contributed by atoms with van der Waals surface area (Å²) in [5.41, 5.74) is 0. The number of carbonyl (C=O) groups excluding carboxylic acids is 2. The van der Waals surface area contributed by atoms with Gasteiger partial charge in [-0.2, -0.15) is 0 Å². The highest BCUT2D eigenvalue weighted by atomic mass is 16.7. The standard InChI is InChI=1S/C17H17NO6/c1-4-7-18-11-10(9-6-5-8-21-9)13-12(19)15(14(11)22-16(18)20)24-17(2,3)23-13/h1,5-6,8,10-11,13-15H,7H2,2-3H3/t10-,11-,13-,14+,15-/m1/s1. The molecule has 2 bridgehead atoms. The van der Waals surface area contributed by atoms with E-state index in [2.05, 4.69) is 5.92 Å². The monoisotopic (exact) mass is 331 g/mol. The molecular weight excluding hydrogens is 314 g/mol. The molecule has 0 radical (unpaired) electrons. The molecule has 5 atom stereocenters. The molecule has 0 unspecified atom stereocenters. The van der Waals surface area contributed by atoms with Gasteiger partial charge in [-0.15, -0.1) is 6.42 Å². The molecule has 1 amide bonds. The zero-order chi connectivity index (χ0) is 17.1. The van der Waals surface area contributed by atoms with Crippen LogP contribution in [0, 0.1) is 12.3 Å². The zero-order valence-corrected chi connectivity index (χ0v) is 13.3. The molecule has 3 heterocycles. The number of nitrogens with zero attached hydrogens (tertiary/aromatic N) is 1. The summed E-state index contributed by atoms with van der Waals surface area (Å²) < 4.78 is 22.6. The molecule has 7 heteroatoms. The fraction of sp³-hybridized carbons (Fsp3) is 0.529. The number of hydrogen-bond acceptors (Lipinski definition) is 6. The van der Waals surface area contributed by atoms with Crippen LogP contribution >= 0.6 is 0 Å². The van der Waals surface area contributed by atoms with Crippen molar-refractivity contribution in [1.29, 1.82) is 0 Å². The number of fused-ring (bicyclic) bond motifs is 4. The van der Waals surface area contributed by atoms with E-state index in [1.165, 1.54) is 11.2 Å². The molecule has 0 N–H and O–H groups in total. The minimum absolute atomic E-state index is 0.0776. The van der Waals surface area contributed by atoms with Crippen LogP contribution in [0.1, 0.15) is 25.5 Å². The van der Waals surface area contributed by atoms with Crippen LogP contribution in [0.5, 0.6) is 0 Å². The second-order valence-electron chi connectivity index (χ2n) is 6.59. The second kappa shape index (κ2) is 5.10. The third kappa shape index (κ3) is 2.07. The maximum Gasteiger partial charge on any atom is 0.411 e. The maximum atomic E-state index is 12.8. The molecule has 1 aliphatic carbocycles. The van der Waals surface area contributed by atoms with Crippen molar-refractivity contribution in [3.8, 4) is 12.3 Å². The molecule has 2 aliphatic heterocycles. The highest BCUT2D eigenvalue weighted by Crippen LogP contribution is 2.47. The number of terminal acetylenes is 1. The Kier molecular flexibility index (Phi) is 3.24. The van der Waals surface area contributed by atoms with Crippen molar-refractivity contribution in [2.45, 2.75) is 49.9 Å². The largest absolute Gasteiger partial charge is 0.469 e. The molecule has 0 spiro atoms. The number of hydrogen-bond donors (Lipinski definition) is 0. The highest BCUT2D eigenvalue weighted by molar-refractivity contribution is 5.92. The van der Waals surface area contributed by atoms with Gasteiger partial charge in [-0.25, -0.2) is 4.79 Å². The van der Waals surface area contributed by atoms with E-state index in [-0.39, 0.29) is 12.3 Å². The van der Waals surface area contributed by atoms with Crippen LogP contribution in [0.25, 0.3) is 0 Å². The number of carbonyl (C=O) groups is 2. The quantitative estimate of drug-likeness (QED) is 0.760. The Morgan fingerprint density at radius 2 is 2.04 bits per heavy atom. The normalized spacial score (nSPS) is 36.9. The van der Waals surface area contributed by atoms with Crippen LogP contribution in [0.4, 0.5) is 4.79 Å². The first-order chi connectivity index (χ1) is 11.4. The summed E-state index contributed by atoms with van der Waals surface area (Å²) in [4.78, 5) is 26.5. The smallest absolute Gasteiger partial charge is 0.411 e. The highest BCUT2D eigenvalue weighted by Gasteiger charge is 2.64. The summed E-state index contributed by atoms with van der Waals surface area (Å²) >= 11 is 0. The lowest BCUT2D eigenvalue weighted by atomic mass is 9.75. The van der Waals surface area contributed by atoms with Gasteiger partial charge in [0.1, 0.15) is 11.9 Å². The number of ether oxygens (including phenoxy) is 3. The van der Waals surface area contributed by atoms with Gasteiger partial charge in [-0.1, -0.05) is 5.92 Å². The van der Waals surface area contributed by atoms with Crippen molar-refractivity contribution < 1.29 is 28.2 Å². The van der Waals surface area contributed by atoms with Crippen LogP contribution in [-0.2, 0) is 19.0 Å². The third-order valence-electron chi connectivity index (χ3n) is 4.68. The summed E-state index contributed by atoms with van der Waals surface area (Å²) in [7, 11) is 0. The van der Waals surface area contributed by atoms with E-state index in [9.17, 15) is 9.59 Å². The van der Waals surface area contributed by atoms with Gasteiger partial charge in [0.05, 0.1) is 24.8 Å². The summed E-state index contributed by atoms with van der Waals surface area (Å²) in [6.07, 6.45) is 3.95. The van der Waals surface area contributed by atoms with Crippen molar-refractivity contribution >= 4 is 11.9 Å². The van der Waals surface area contributed by atoms with Gasteiger partial charge in [0.2, 0.25) is 0 Å². The van der Waals surface area contributed by atoms with Crippen LogP contribution < -0.4 is 0 Å². The zero-order valence-electron chi connectivity index (χ0n) is 13.3. The van der Waals surface area contributed by atoms with Gasteiger partial charge in [0.15, 0.2) is 23.8 Å². The second-order valence-corrected chi connectivity index (χ2v) is 6.59. The Hall–Kier alpha value is -2.30. The summed E-state index contributed by atoms with van der Waals surface area (Å²) in [5.74, 6) is 1.30. The number of Topliss-reactive ketones (excluding diaryl/α,β-unsaturated/α-hetero) is 1. The molecule has 7 nitrogen and oxygen atoms in total. The predicted molar refractivity (Wildman–Crippen MR) is 79.9 cm³/mol. The van der Waals surface area contributed by atoms with E-state index in [1.54, 1.807) is 26.0 Å². The maximum absolute atomic E-state index is 12.8. The molecule has 1 aromatic heterocycles. The Morgan fingerprint density at radius 3 is 2.71 bits per heavy atom. The molecule has 2 saturated heterocycles. The third-order valence-corrected chi connectivity index (χ3v) is 4.68. The van der Waals surface area contributed by atoms with E-state index >= 15 is 0 Å². The molecule has 126 valence electrons. The Morgan fingerprint density at radius 1 is 1.29 bits per heavy atom. The topological polar surface area (TPSA) is 78.2 Å². The molecule has 4 rings (SSSR count). The first-order valence-electron chi connectivity index (χ1n) is 7.76. The van der Waals surface area contributed by atoms with E-state index in [1.807, 2.05) is 0 Å². The molecule has 0 aromatic carbocycles. The lowest BCUT2D eigenvalue weighted by Gasteiger charge is -2.49. The molecule has 3 fully saturated rings. The van der Waals surface area contributed by atoms with Crippen LogP contribution in [0.15, 0.2) is 22.8 Å².